The van der Waals surface area contributed by atoms with E-state index in [2.05, 4.69) is 4.99 Å². The number of hydrogen-bond donors (Lipinski definition) is 0. The zero-order chi connectivity index (χ0) is 8.23. The Bertz CT molecular complexity index is 170. The average Bonchev–Trinajstić information content (AvgIpc) is 2.21. The third-order valence-corrected chi connectivity index (χ3v) is 1.91. The molecule has 0 saturated carbocycles. The van der Waals surface area contributed by atoms with Crippen molar-refractivity contribution in [1.82, 2.24) is 0 Å². The van der Waals surface area contributed by atoms with Crippen LogP contribution in [0.5, 0.6) is 0 Å². The van der Waals surface area contributed by atoms with Crippen LogP contribution in [0.4, 0.5) is 0 Å². The maximum atomic E-state index is 5.47. The second kappa shape index (κ2) is 4.02. The fourth-order valence-corrected chi connectivity index (χ4v) is 1.28. The molecule has 0 amide bonds. The Balaban J connectivity index is 1.88. The fourth-order valence-electron chi connectivity index (χ4n) is 1.28. The first-order valence-corrected chi connectivity index (χ1v) is 4.13. The molecule has 2 heterocycles. The Morgan fingerprint density at radius 1 is 1.42 bits per heavy atom. The van der Waals surface area contributed by atoms with Gasteiger partial charge in [-0.1, -0.05) is 0 Å². The van der Waals surface area contributed by atoms with Gasteiger partial charge >= 0.3 is 7.48 Å². The van der Waals surface area contributed by atoms with Gasteiger partial charge in [0.1, 0.15) is 0 Å². The van der Waals surface area contributed by atoms with Crippen molar-refractivity contribution in [2.45, 2.75) is 12.0 Å². The molecular formula is C7H11BNO3. The highest BCUT2D eigenvalue weighted by molar-refractivity contribution is 6.31. The highest BCUT2D eigenvalue weighted by atomic mass is 16.6. The van der Waals surface area contributed by atoms with Crippen LogP contribution in [-0.4, -0.2) is 52.2 Å². The van der Waals surface area contributed by atoms with Gasteiger partial charge in [0.15, 0.2) is 0 Å². The van der Waals surface area contributed by atoms with Crippen LogP contribution in [-0.2, 0) is 14.1 Å². The summed E-state index contributed by atoms with van der Waals surface area (Å²) in [6.45, 7) is 2.53. The number of rotatable bonds is 1. The molecule has 1 unspecified atom stereocenters. The lowest BCUT2D eigenvalue weighted by molar-refractivity contribution is -0.0896. The SMILES string of the molecule is [B]1OCC=NC1[C@@H]1COCCO1. The summed E-state index contributed by atoms with van der Waals surface area (Å²) in [5.74, 6) is 0.0130. The molecule has 0 bridgehead atoms. The quantitative estimate of drug-likeness (QED) is 0.493. The second-order valence-electron chi connectivity index (χ2n) is 2.78. The number of hydrogen-bond acceptors (Lipinski definition) is 4. The summed E-state index contributed by atoms with van der Waals surface area (Å²) >= 11 is 0. The fraction of sp³-hybridized carbons (Fsp3) is 0.857. The summed E-state index contributed by atoms with van der Waals surface area (Å²) in [4.78, 5) is 4.24. The van der Waals surface area contributed by atoms with Gasteiger partial charge in [-0.25, -0.2) is 0 Å². The largest absolute Gasteiger partial charge is 0.433 e. The van der Waals surface area contributed by atoms with E-state index in [1.54, 1.807) is 13.7 Å². The maximum Gasteiger partial charge on any atom is 0.322 e. The van der Waals surface area contributed by atoms with Crippen LogP contribution in [0.2, 0.25) is 0 Å². The van der Waals surface area contributed by atoms with Crippen LogP contribution >= 0.6 is 0 Å². The average molecular weight is 168 g/mol. The van der Waals surface area contributed by atoms with E-state index in [9.17, 15) is 0 Å². The molecule has 5 heteroatoms. The molecular weight excluding hydrogens is 157 g/mol. The van der Waals surface area contributed by atoms with Crippen molar-refractivity contribution in [1.29, 1.82) is 0 Å². The minimum absolute atomic E-state index is 0.0130. The first-order chi connectivity index (χ1) is 5.97. The van der Waals surface area contributed by atoms with Crippen molar-refractivity contribution in [3.63, 3.8) is 0 Å². The van der Waals surface area contributed by atoms with Crippen molar-refractivity contribution >= 4 is 13.7 Å². The minimum Gasteiger partial charge on any atom is -0.433 e. The third-order valence-electron chi connectivity index (χ3n) is 1.91. The Hall–Kier alpha value is -0.385. The molecule has 2 aliphatic heterocycles. The van der Waals surface area contributed by atoms with E-state index in [-0.39, 0.29) is 12.0 Å². The molecule has 0 spiro atoms. The van der Waals surface area contributed by atoms with E-state index < -0.39 is 0 Å². The molecule has 0 N–H and O–H groups in total. The van der Waals surface area contributed by atoms with Gasteiger partial charge in [-0.05, 0) is 0 Å². The lowest BCUT2D eigenvalue weighted by Crippen LogP contribution is -2.43. The molecule has 0 aromatic rings. The standard InChI is InChI=1S/C7H11BNO3/c1-2-12-8-7(9-1)6-5-10-3-4-11-6/h1,6-7H,2-5H2/t6-,7?/m0/s1. The third kappa shape index (κ3) is 1.85. The van der Waals surface area contributed by atoms with Crippen molar-refractivity contribution in [2.24, 2.45) is 4.99 Å². The molecule has 2 rings (SSSR count). The molecule has 0 aromatic heterocycles. The highest BCUT2D eigenvalue weighted by Gasteiger charge is 2.27. The van der Waals surface area contributed by atoms with Gasteiger partial charge in [0.25, 0.3) is 0 Å². The summed E-state index contributed by atoms with van der Waals surface area (Å²) in [7, 11) is 1.72. The molecule has 2 aliphatic rings. The van der Waals surface area contributed by atoms with Crippen LogP contribution in [0.25, 0.3) is 0 Å². The monoisotopic (exact) mass is 168 g/mol. The second-order valence-corrected chi connectivity index (χ2v) is 2.78. The lowest BCUT2D eigenvalue weighted by Gasteiger charge is -2.28. The number of ether oxygens (including phenoxy) is 2. The van der Waals surface area contributed by atoms with Crippen LogP contribution in [0.1, 0.15) is 0 Å². The first-order valence-electron chi connectivity index (χ1n) is 4.13. The Kier molecular flexibility index (Phi) is 2.76. The van der Waals surface area contributed by atoms with Crippen LogP contribution in [0.15, 0.2) is 4.99 Å². The van der Waals surface area contributed by atoms with E-state index in [0.29, 0.717) is 26.4 Å². The van der Waals surface area contributed by atoms with E-state index in [4.69, 9.17) is 14.1 Å². The predicted molar refractivity (Wildman–Crippen MR) is 44.5 cm³/mol. The smallest absolute Gasteiger partial charge is 0.322 e. The lowest BCUT2D eigenvalue weighted by atomic mass is 9.83. The summed E-state index contributed by atoms with van der Waals surface area (Å²) in [6, 6.07) is 0. The Morgan fingerprint density at radius 3 is 3.08 bits per heavy atom. The van der Waals surface area contributed by atoms with Crippen molar-refractivity contribution in [3.8, 4) is 0 Å². The Morgan fingerprint density at radius 2 is 2.42 bits per heavy atom. The van der Waals surface area contributed by atoms with E-state index in [0.717, 1.165) is 0 Å². The zero-order valence-corrected chi connectivity index (χ0v) is 6.81. The van der Waals surface area contributed by atoms with Gasteiger partial charge < -0.3 is 14.1 Å². The molecule has 65 valence electrons. The number of nitrogens with zero attached hydrogens (tertiary/aromatic N) is 1. The summed E-state index contributed by atoms with van der Waals surface area (Å²) in [6.07, 6.45) is 1.80. The van der Waals surface area contributed by atoms with Gasteiger partial charge in [-0.15, -0.1) is 0 Å². The summed E-state index contributed by atoms with van der Waals surface area (Å²) in [5.41, 5.74) is 0. The molecule has 4 nitrogen and oxygen atoms in total. The summed E-state index contributed by atoms with van der Waals surface area (Å²) < 4.78 is 15.9. The normalized spacial score (nSPS) is 36.0. The number of aliphatic imine (C=N–C) groups is 1. The van der Waals surface area contributed by atoms with Crippen molar-refractivity contribution in [2.75, 3.05) is 26.4 Å². The molecule has 1 fully saturated rings. The Labute approximate surface area is 72.2 Å². The van der Waals surface area contributed by atoms with Crippen molar-refractivity contribution < 1.29 is 14.1 Å². The van der Waals surface area contributed by atoms with Gasteiger partial charge in [0.2, 0.25) is 0 Å². The van der Waals surface area contributed by atoms with E-state index >= 15 is 0 Å². The maximum absolute atomic E-state index is 5.47. The van der Waals surface area contributed by atoms with Crippen molar-refractivity contribution in [3.05, 3.63) is 0 Å². The minimum atomic E-state index is 0.0130. The zero-order valence-electron chi connectivity index (χ0n) is 6.81. The molecule has 2 atom stereocenters. The predicted octanol–water partition coefficient (Wildman–Crippen LogP) is -0.552. The summed E-state index contributed by atoms with van der Waals surface area (Å²) in [5, 5.41) is 0. The molecule has 1 radical (unpaired) electrons. The molecule has 12 heavy (non-hydrogen) atoms. The van der Waals surface area contributed by atoms with Gasteiger partial charge in [0, 0.05) is 6.21 Å². The topological polar surface area (TPSA) is 40.0 Å². The van der Waals surface area contributed by atoms with E-state index in [1.165, 1.54) is 0 Å². The van der Waals surface area contributed by atoms with Gasteiger partial charge in [0.05, 0.1) is 38.5 Å². The van der Waals surface area contributed by atoms with Gasteiger partial charge in [-0.2, -0.15) is 0 Å². The van der Waals surface area contributed by atoms with Crippen LogP contribution in [0.3, 0.4) is 0 Å². The highest BCUT2D eigenvalue weighted by Crippen LogP contribution is 2.09. The van der Waals surface area contributed by atoms with E-state index in [1.807, 2.05) is 0 Å². The molecule has 0 aliphatic carbocycles. The van der Waals surface area contributed by atoms with Crippen LogP contribution in [0, 0.1) is 0 Å². The molecule has 0 aromatic carbocycles. The first kappa shape index (κ1) is 8.22. The molecule has 1 saturated heterocycles. The van der Waals surface area contributed by atoms with Gasteiger partial charge in [-0.3, -0.25) is 4.99 Å². The van der Waals surface area contributed by atoms with Crippen LogP contribution < -0.4 is 0 Å².